The van der Waals surface area contributed by atoms with Gasteiger partial charge in [-0.15, -0.1) is 0 Å². The fourth-order valence-corrected chi connectivity index (χ4v) is 2.29. The summed E-state index contributed by atoms with van der Waals surface area (Å²) in [5.41, 5.74) is 2.20. The summed E-state index contributed by atoms with van der Waals surface area (Å²) in [5.74, 6) is 1.71. The Labute approximate surface area is 120 Å². The van der Waals surface area contributed by atoms with E-state index in [9.17, 15) is 0 Å². The lowest BCUT2D eigenvalue weighted by Crippen LogP contribution is -2.24. The van der Waals surface area contributed by atoms with Crippen molar-refractivity contribution in [2.45, 2.75) is 26.3 Å². The lowest BCUT2D eigenvalue weighted by Gasteiger charge is -2.19. The van der Waals surface area contributed by atoms with E-state index in [-0.39, 0.29) is 6.04 Å². The molecule has 106 valence electrons. The molecule has 0 aliphatic heterocycles. The number of nitrogens with zero attached hydrogens (tertiary/aromatic N) is 2. The second kappa shape index (κ2) is 7.01. The van der Waals surface area contributed by atoms with E-state index in [1.807, 2.05) is 37.4 Å². The third-order valence-corrected chi connectivity index (χ3v) is 3.22. The van der Waals surface area contributed by atoms with Crippen LogP contribution < -0.4 is 10.1 Å². The van der Waals surface area contributed by atoms with Crippen LogP contribution in [0, 0.1) is 6.92 Å². The molecule has 20 heavy (non-hydrogen) atoms. The van der Waals surface area contributed by atoms with Gasteiger partial charge in [-0.05, 0) is 37.6 Å². The van der Waals surface area contributed by atoms with Crippen molar-refractivity contribution in [3.05, 3.63) is 53.6 Å². The molecular formula is C16H21N3O. The number of aromatic nitrogens is 2. The largest absolute Gasteiger partial charge is 0.496 e. The minimum Gasteiger partial charge on any atom is -0.496 e. The molecule has 1 aromatic heterocycles. The summed E-state index contributed by atoms with van der Waals surface area (Å²) >= 11 is 0. The van der Waals surface area contributed by atoms with E-state index < -0.39 is 0 Å². The maximum absolute atomic E-state index is 5.42. The van der Waals surface area contributed by atoms with Crippen LogP contribution in [0.15, 0.2) is 36.5 Å². The van der Waals surface area contributed by atoms with Gasteiger partial charge in [-0.2, -0.15) is 0 Å². The molecular weight excluding hydrogens is 250 g/mol. The molecule has 1 N–H and O–H groups in total. The second-order valence-electron chi connectivity index (χ2n) is 4.65. The highest BCUT2D eigenvalue weighted by Gasteiger charge is 2.15. The Hall–Kier alpha value is -1.94. The van der Waals surface area contributed by atoms with E-state index in [1.54, 1.807) is 7.11 Å². The van der Waals surface area contributed by atoms with Crippen LogP contribution in [0.2, 0.25) is 0 Å². The van der Waals surface area contributed by atoms with Gasteiger partial charge < -0.3 is 10.1 Å². The van der Waals surface area contributed by atoms with Gasteiger partial charge in [0.2, 0.25) is 0 Å². The molecule has 4 nitrogen and oxygen atoms in total. The average Bonchev–Trinajstić information content (AvgIpc) is 2.47. The first-order valence-corrected chi connectivity index (χ1v) is 6.89. The number of hydrogen-bond acceptors (Lipinski definition) is 4. The van der Waals surface area contributed by atoms with Gasteiger partial charge in [-0.1, -0.05) is 25.1 Å². The van der Waals surface area contributed by atoms with Gasteiger partial charge in [0.1, 0.15) is 11.6 Å². The molecule has 0 spiro atoms. The maximum atomic E-state index is 5.42. The summed E-state index contributed by atoms with van der Waals surface area (Å²) in [5, 5.41) is 3.48. The SMILES string of the molecule is CCNC(Cc1ccccc1OC)c1ccnc(C)n1. The van der Waals surface area contributed by atoms with Gasteiger partial charge in [-0.25, -0.2) is 9.97 Å². The number of likely N-dealkylation sites (N-methyl/N-ethyl adjacent to an activating group) is 1. The number of ether oxygens (including phenoxy) is 1. The number of para-hydroxylation sites is 1. The first-order valence-electron chi connectivity index (χ1n) is 6.89. The van der Waals surface area contributed by atoms with E-state index in [0.29, 0.717) is 0 Å². The van der Waals surface area contributed by atoms with Crippen LogP contribution in [0.3, 0.4) is 0 Å². The van der Waals surface area contributed by atoms with Gasteiger partial charge in [-0.3, -0.25) is 0 Å². The quantitative estimate of drug-likeness (QED) is 0.877. The van der Waals surface area contributed by atoms with Gasteiger partial charge >= 0.3 is 0 Å². The summed E-state index contributed by atoms with van der Waals surface area (Å²) in [6.07, 6.45) is 2.65. The lowest BCUT2D eigenvalue weighted by atomic mass is 10.0. The zero-order valence-electron chi connectivity index (χ0n) is 12.3. The minimum atomic E-state index is 0.165. The molecule has 1 heterocycles. The van der Waals surface area contributed by atoms with Crippen molar-refractivity contribution < 1.29 is 4.74 Å². The van der Waals surface area contributed by atoms with Crippen molar-refractivity contribution in [1.29, 1.82) is 0 Å². The zero-order chi connectivity index (χ0) is 14.4. The number of hydrogen-bond donors (Lipinski definition) is 1. The summed E-state index contributed by atoms with van der Waals surface area (Å²) in [4.78, 5) is 8.69. The van der Waals surface area contributed by atoms with Gasteiger partial charge in [0.15, 0.2) is 0 Å². The highest BCUT2D eigenvalue weighted by molar-refractivity contribution is 5.34. The number of nitrogens with one attached hydrogen (secondary N) is 1. The van der Waals surface area contributed by atoms with Crippen LogP contribution in [0.4, 0.5) is 0 Å². The molecule has 1 unspecified atom stereocenters. The topological polar surface area (TPSA) is 47.0 Å². The number of benzene rings is 1. The van der Waals surface area contributed by atoms with Gasteiger partial charge in [0.05, 0.1) is 18.8 Å². The molecule has 0 aliphatic carbocycles. The average molecular weight is 271 g/mol. The van der Waals surface area contributed by atoms with E-state index in [4.69, 9.17) is 4.74 Å². The predicted molar refractivity (Wildman–Crippen MR) is 79.9 cm³/mol. The molecule has 0 amide bonds. The summed E-state index contributed by atoms with van der Waals surface area (Å²) < 4.78 is 5.42. The van der Waals surface area contributed by atoms with Crippen molar-refractivity contribution >= 4 is 0 Å². The standard InChI is InChI=1S/C16H21N3O/c1-4-17-15(14-9-10-18-12(2)19-14)11-13-7-5-6-8-16(13)20-3/h5-10,15,17H,4,11H2,1-3H3. The van der Waals surface area contributed by atoms with Crippen LogP contribution in [0.5, 0.6) is 5.75 Å². The summed E-state index contributed by atoms with van der Waals surface area (Å²) in [7, 11) is 1.70. The molecule has 0 fully saturated rings. The van der Waals surface area contributed by atoms with Crippen molar-refractivity contribution in [1.82, 2.24) is 15.3 Å². The summed E-state index contributed by atoms with van der Waals surface area (Å²) in [6.45, 7) is 4.90. The molecule has 0 aliphatic rings. The second-order valence-corrected chi connectivity index (χ2v) is 4.65. The molecule has 4 heteroatoms. The Kier molecular flexibility index (Phi) is 5.07. The molecule has 0 saturated heterocycles. The van der Waals surface area contributed by atoms with Gasteiger partial charge in [0.25, 0.3) is 0 Å². The first kappa shape index (κ1) is 14.5. The minimum absolute atomic E-state index is 0.165. The molecule has 1 atom stereocenters. The third kappa shape index (κ3) is 3.54. The molecule has 1 aromatic carbocycles. The fraction of sp³-hybridized carbons (Fsp3) is 0.375. The van der Waals surface area contributed by atoms with Crippen molar-refractivity contribution in [2.75, 3.05) is 13.7 Å². The maximum Gasteiger partial charge on any atom is 0.125 e. The van der Waals surface area contributed by atoms with E-state index in [2.05, 4.69) is 28.3 Å². The van der Waals surface area contributed by atoms with Crippen LogP contribution >= 0.6 is 0 Å². The van der Waals surface area contributed by atoms with Crippen molar-refractivity contribution in [2.24, 2.45) is 0 Å². The number of aryl methyl sites for hydroxylation is 1. The predicted octanol–water partition coefficient (Wildman–Crippen LogP) is 2.69. The molecule has 0 saturated carbocycles. The van der Waals surface area contributed by atoms with Gasteiger partial charge in [0, 0.05) is 6.20 Å². The van der Waals surface area contributed by atoms with E-state index in [1.165, 1.54) is 5.56 Å². The Bertz CT molecular complexity index is 557. The fourth-order valence-electron chi connectivity index (χ4n) is 2.29. The third-order valence-electron chi connectivity index (χ3n) is 3.22. The molecule has 2 aromatic rings. The number of rotatable bonds is 6. The Morgan fingerprint density at radius 3 is 2.75 bits per heavy atom. The Morgan fingerprint density at radius 1 is 1.25 bits per heavy atom. The van der Waals surface area contributed by atoms with E-state index >= 15 is 0 Å². The highest BCUT2D eigenvalue weighted by Crippen LogP contribution is 2.24. The van der Waals surface area contributed by atoms with Crippen LogP contribution in [-0.2, 0) is 6.42 Å². The van der Waals surface area contributed by atoms with Crippen LogP contribution in [0.25, 0.3) is 0 Å². The Balaban J connectivity index is 2.25. The molecule has 2 rings (SSSR count). The summed E-state index contributed by atoms with van der Waals surface area (Å²) in [6, 6.07) is 10.2. The van der Waals surface area contributed by atoms with Crippen LogP contribution in [-0.4, -0.2) is 23.6 Å². The molecule has 0 radical (unpaired) electrons. The van der Waals surface area contributed by atoms with Crippen LogP contribution in [0.1, 0.15) is 30.0 Å². The smallest absolute Gasteiger partial charge is 0.125 e. The monoisotopic (exact) mass is 271 g/mol. The highest BCUT2D eigenvalue weighted by atomic mass is 16.5. The zero-order valence-corrected chi connectivity index (χ0v) is 12.3. The molecule has 0 bridgehead atoms. The number of methoxy groups -OCH3 is 1. The first-order chi connectivity index (χ1) is 9.74. The van der Waals surface area contributed by atoms with Crippen molar-refractivity contribution in [3.8, 4) is 5.75 Å². The normalized spacial score (nSPS) is 12.2. The van der Waals surface area contributed by atoms with E-state index in [0.717, 1.165) is 30.2 Å². The lowest BCUT2D eigenvalue weighted by molar-refractivity contribution is 0.405. The Morgan fingerprint density at radius 2 is 2.05 bits per heavy atom. The van der Waals surface area contributed by atoms with Crippen molar-refractivity contribution in [3.63, 3.8) is 0 Å².